The zero-order valence-corrected chi connectivity index (χ0v) is 21.4. The summed E-state index contributed by atoms with van der Waals surface area (Å²) in [7, 11) is 0. The fraction of sp³-hybridized carbons (Fsp3) is 0.267. The lowest BCUT2D eigenvalue weighted by Crippen LogP contribution is -2.33. The van der Waals surface area contributed by atoms with Crippen molar-refractivity contribution in [3.05, 3.63) is 77.4 Å². The van der Waals surface area contributed by atoms with Crippen LogP contribution in [-0.2, 0) is 20.7 Å². The van der Waals surface area contributed by atoms with E-state index in [2.05, 4.69) is 11.4 Å². The van der Waals surface area contributed by atoms with E-state index in [1.165, 1.54) is 11.5 Å². The minimum Gasteiger partial charge on any atom is -0.494 e. The van der Waals surface area contributed by atoms with E-state index in [-0.39, 0.29) is 30.7 Å². The Morgan fingerprint density at radius 2 is 1.79 bits per heavy atom. The van der Waals surface area contributed by atoms with Gasteiger partial charge in [0, 0.05) is 36.2 Å². The minimum atomic E-state index is -1.22. The van der Waals surface area contributed by atoms with E-state index in [4.69, 9.17) is 9.47 Å². The van der Waals surface area contributed by atoms with Gasteiger partial charge in [-0.2, -0.15) is 5.26 Å². The monoisotopic (exact) mass is 525 g/mol. The van der Waals surface area contributed by atoms with Crippen LogP contribution in [0.1, 0.15) is 43.4 Å². The van der Waals surface area contributed by atoms with Gasteiger partial charge in [-0.3, -0.25) is 9.36 Å². The highest BCUT2D eigenvalue weighted by Crippen LogP contribution is 2.65. The Morgan fingerprint density at radius 3 is 2.49 bits per heavy atom. The van der Waals surface area contributed by atoms with Crippen molar-refractivity contribution in [1.82, 2.24) is 4.57 Å². The summed E-state index contributed by atoms with van der Waals surface area (Å²) in [4.78, 5) is 11.3. The van der Waals surface area contributed by atoms with Crippen molar-refractivity contribution in [3.8, 4) is 29.3 Å². The van der Waals surface area contributed by atoms with E-state index in [9.17, 15) is 25.4 Å². The number of aromatic nitrogens is 1. The number of amides is 1. The number of fused-ring (bicyclic) bond motifs is 6. The number of rotatable bonds is 6. The number of benzene rings is 3. The van der Waals surface area contributed by atoms with E-state index in [0.29, 0.717) is 51.0 Å². The van der Waals surface area contributed by atoms with Gasteiger partial charge in [0.25, 0.3) is 0 Å². The van der Waals surface area contributed by atoms with Gasteiger partial charge in [0.1, 0.15) is 17.0 Å². The van der Waals surface area contributed by atoms with Gasteiger partial charge in [-0.05, 0) is 43.3 Å². The number of aliphatic hydroxyl groups is 1. The molecule has 0 saturated carbocycles. The first-order valence-electron chi connectivity index (χ1n) is 12.7. The maximum atomic E-state index is 11.6. The molecule has 3 atom stereocenters. The fourth-order valence-corrected chi connectivity index (χ4v) is 6.10. The maximum Gasteiger partial charge on any atom is 0.221 e. The van der Waals surface area contributed by atoms with Crippen LogP contribution in [0.3, 0.4) is 0 Å². The average molecular weight is 526 g/mol. The SMILES string of the molecule is CC(=O)Nc1ccc(OCC[C@]23C[C@H](O)[C@](C)(O2)c2c3c(O)n(-c3ccc(C#N)c4ccccc34)c2O)cc1. The van der Waals surface area contributed by atoms with Gasteiger partial charge in [-0.25, -0.2) is 0 Å². The summed E-state index contributed by atoms with van der Waals surface area (Å²) in [5.41, 5.74) is 0.149. The van der Waals surface area contributed by atoms with Crippen molar-refractivity contribution in [2.24, 2.45) is 0 Å². The molecule has 9 nitrogen and oxygen atoms in total. The Balaban J connectivity index is 1.37. The molecule has 1 fully saturated rings. The smallest absolute Gasteiger partial charge is 0.221 e. The van der Waals surface area contributed by atoms with Gasteiger partial charge in [0.05, 0.1) is 41.2 Å². The molecule has 1 aromatic heterocycles. The van der Waals surface area contributed by atoms with Crippen LogP contribution < -0.4 is 10.1 Å². The van der Waals surface area contributed by atoms with E-state index in [0.717, 1.165) is 0 Å². The molecule has 0 spiro atoms. The Morgan fingerprint density at radius 1 is 1.10 bits per heavy atom. The molecule has 0 unspecified atom stereocenters. The molecule has 1 amide bonds. The number of aliphatic hydroxyl groups excluding tert-OH is 1. The molecule has 198 valence electrons. The van der Waals surface area contributed by atoms with Gasteiger partial charge < -0.3 is 30.1 Å². The Kier molecular flexibility index (Phi) is 5.57. The number of carbonyl (C=O) groups is 1. The molecule has 9 heteroatoms. The number of anilines is 1. The predicted molar refractivity (Wildman–Crippen MR) is 143 cm³/mol. The summed E-state index contributed by atoms with van der Waals surface area (Å²) >= 11 is 0. The van der Waals surface area contributed by atoms with Gasteiger partial charge in [0.15, 0.2) is 0 Å². The predicted octanol–water partition coefficient (Wildman–Crippen LogP) is 4.55. The number of nitrogens with zero attached hydrogens (tertiary/aromatic N) is 2. The van der Waals surface area contributed by atoms with Crippen LogP contribution in [0.4, 0.5) is 5.69 Å². The first-order chi connectivity index (χ1) is 18.7. The van der Waals surface area contributed by atoms with Crippen LogP contribution in [0.15, 0.2) is 60.7 Å². The summed E-state index contributed by atoms with van der Waals surface area (Å²) < 4.78 is 13.7. The number of aromatic hydroxyl groups is 2. The van der Waals surface area contributed by atoms with E-state index in [1.54, 1.807) is 43.3 Å². The minimum absolute atomic E-state index is 0.163. The number of nitriles is 1. The van der Waals surface area contributed by atoms with Crippen molar-refractivity contribution < 1.29 is 29.6 Å². The molecule has 4 N–H and O–H groups in total. The Bertz CT molecular complexity index is 1670. The second kappa shape index (κ2) is 8.76. The fourth-order valence-electron chi connectivity index (χ4n) is 6.10. The van der Waals surface area contributed by atoms with Gasteiger partial charge in [0.2, 0.25) is 17.7 Å². The van der Waals surface area contributed by atoms with Crippen molar-refractivity contribution in [3.63, 3.8) is 0 Å². The van der Waals surface area contributed by atoms with Crippen LogP contribution in [0.5, 0.6) is 17.5 Å². The maximum absolute atomic E-state index is 11.6. The normalized spacial score (nSPS) is 23.0. The first kappa shape index (κ1) is 24.8. The quantitative estimate of drug-likeness (QED) is 0.290. The lowest BCUT2D eigenvalue weighted by atomic mass is 9.76. The molecule has 0 aliphatic carbocycles. The second-order valence-corrected chi connectivity index (χ2v) is 10.2. The van der Waals surface area contributed by atoms with Gasteiger partial charge in [-0.1, -0.05) is 24.3 Å². The molecule has 6 rings (SSSR count). The van der Waals surface area contributed by atoms with Gasteiger partial charge >= 0.3 is 0 Å². The highest BCUT2D eigenvalue weighted by Gasteiger charge is 2.66. The third kappa shape index (κ3) is 3.64. The third-order valence-corrected chi connectivity index (χ3v) is 7.85. The summed E-state index contributed by atoms with van der Waals surface area (Å²) in [5.74, 6) is 0.0418. The standard InChI is InChI=1S/C30H27N3O6/c1-17(34)32-19-8-10-20(11-9-19)38-14-13-30-15-24(35)29(2,39-30)25-26(30)28(37)33(27(25)36)23-12-7-18(16-31)21-5-3-4-6-22(21)23/h3-12,24,35-37H,13-15H2,1-2H3,(H,32,34)/t24-,29-,30+/m0/s1. The van der Waals surface area contributed by atoms with Crippen LogP contribution in [0.25, 0.3) is 16.5 Å². The zero-order chi connectivity index (χ0) is 27.5. The van der Waals surface area contributed by atoms with Crippen LogP contribution in [0, 0.1) is 11.3 Å². The number of hydrogen-bond acceptors (Lipinski definition) is 7. The second-order valence-electron chi connectivity index (χ2n) is 10.2. The van der Waals surface area contributed by atoms with E-state index < -0.39 is 17.3 Å². The van der Waals surface area contributed by atoms with Crippen molar-refractivity contribution in [2.45, 2.75) is 44.0 Å². The molecule has 1 saturated heterocycles. The van der Waals surface area contributed by atoms with Crippen molar-refractivity contribution in [1.29, 1.82) is 5.26 Å². The van der Waals surface area contributed by atoms with Crippen LogP contribution >= 0.6 is 0 Å². The largest absolute Gasteiger partial charge is 0.494 e. The molecule has 3 heterocycles. The molecule has 3 aromatic carbocycles. The molecule has 0 radical (unpaired) electrons. The summed E-state index contributed by atoms with van der Waals surface area (Å²) in [6.07, 6.45) is -0.363. The Labute approximate surface area is 224 Å². The van der Waals surface area contributed by atoms with E-state index in [1.807, 2.05) is 24.3 Å². The topological polar surface area (TPSA) is 137 Å². The van der Waals surface area contributed by atoms with Crippen LogP contribution in [0.2, 0.25) is 0 Å². The summed E-state index contributed by atoms with van der Waals surface area (Å²) in [6.45, 7) is 3.37. The van der Waals surface area contributed by atoms with Crippen molar-refractivity contribution in [2.75, 3.05) is 11.9 Å². The molecule has 2 bridgehead atoms. The highest BCUT2D eigenvalue weighted by molar-refractivity contribution is 5.95. The highest BCUT2D eigenvalue weighted by atomic mass is 16.6. The summed E-state index contributed by atoms with van der Waals surface area (Å²) in [5, 5.41) is 47.7. The number of ether oxygens (including phenoxy) is 2. The summed E-state index contributed by atoms with van der Waals surface area (Å²) in [6, 6.07) is 19.8. The lowest BCUT2D eigenvalue weighted by Gasteiger charge is -2.26. The van der Waals surface area contributed by atoms with Crippen LogP contribution in [-0.4, -0.2) is 38.5 Å². The molecule has 2 aliphatic heterocycles. The van der Waals surface area contributed by atoms with Crippen molar-refractivity contribution >= 4 is 22.4 Å². The first-order valence-corrected chi connectivity index (χ1v) is 12.7. The number of hydrogen-bond donors (Lipinski definition) is 4. The number of carbonyl (C=O) groups excluding carboxylic acids is 1. The number of nitrogens with one attached hydrogen (secondary N) is 1. The van der Waals surface area contributed by atoms with Gasteiger partial charge in [-0.15, -0.1) is 0 Å². The lowest BCUT2D eigenvalue weighted by molar-refractivity contribution is -0.114. The molecular weight excluding hydrogens is 498 g/mol. The molecular formula is C30H27N3O6. The zero-order valence-electron chi connectivity index (χ0n) is 21.4. The Hall–Kier alpha value is -4.52. The molecule has 2 aliphatic rings. The molecule has 4 aromatic rings. The van der Waals surface area contributed by atoms with E-state index >= 15 is 0 Å². The molecule has 39 heavy (non-hydrogen) atoms. The average Bonchev–Trinajstić information content (AvgIpc) is 3.45. The third-order valence-electron chi connectivity index (χ3n) is 7.85.